The van der Waals surface area contributed by atoms with Crippen LogP contribution in [-0.4, -0.2) is 24.0 Å². The Morgan fingerprint density at radius 2 is 1.90 bits per heavy atom. The Kier molecular flexibility index (Phi) is 2.44. The first-order valence-electron chi connectivity index (χ1n) is 6.65. The largest absolute Gasteiger partial charge is 0.345 e. The number of benzene rings is 2. The van der Waals surface area contributed by atoms with E-state index in [1.54, 1.807) is 12.1 Å². The number of hydrogen-bond donors (Lipinski definition) is 0. The van der Waals surface area contributed by atoms with Crippen molar-refractivity contribution in [2.45, 2.75) is 5.72 Å². The van der Waals surface area contributed by atoms with Crippen LogP contribution < -0.4 is 0 Å². The van der Waals surface area contributed by atoms with Crippen LogP contribution in [0.1, 0.15) is 21.5 Å². The van der Waals surface area contributed by atoms with Gasteiger partial charge in [-0.25, -0.2) is 8.78 Å². The Bertz CT molecular complexity index is 762. The summed E-state index contributed by atoms with van der Waals surface area (Å²) >= 11 is 0. The fraction of sp³-hybridized carbons (Fsp3) is 0.188. The molecule has 0 N–H and O–H groups in total. The lowest BCUT2D eigenvalue weighted by Gasteiger charge is -2.31. The molecule has 0 bridgehead atoms. The quantitative estimate of drug-likeness (QED) is 0.807. The van der Waals surface area contributed by atoms with Crippen molar-refractivity contribution >= 4 is 5.91 Å². The van der Waals surface area contributed by atoms with Crippen LogP contribution in [0, 0.1) is 11.6 Å². The van der Waals surface area contributed by atoms with Crippen molar-refractivity contribution < 1.29 is 18.3 Å². The van der Waals surface area contributed by atoms with E-state index in [4.69, 9.17) is 4.74 Å². The molecule has 0 aromatic heterocycles. The molecule has 2 aromatic rings. The van der Waals surface area contributed by atoms with Crippen molar-refractivity contribution in [3.8, 4) is 0 Å². The van der Waals surface area contributed by atoms with Gasteiger partial charge in [0.1, 0.15) is 11.6 Å². The first kappa shape index (κ1) is 12.5. The zero-order valence-corrected chi connectivity index (χ0v) is 11.0. The Labute approximate surface area is 119 Å². The molecule has 1 amide bonds. The highest BCUT2D eigenvalue weighted by molar-refractivity contribution is 6.00. The van der Waals surface area contributed by atoms with Crippen LogP contribution >= 0.6 is 0 Å². The predicted octanol–water partition coefficient (Wildman–Crippen LogP) is 2.65. The molecule has 1 saturated heterocycles. The van der Waals surface area contributed by atoms with Gasteiger partial charge in [-0.3, -0.25) is 9.69 Å². The van der Waals surface area contributed by atoms with E-state index in [0.717, 1.165) is 0 Å². The van der Waals surface area contributed by atoms with Gasteiger partial charge in [0.05, 0.1) is 6.61 Å². The molecule has 3 nitrogen and oxygen atoms in total. The van der Waals surface area contributed by atoms with Gasteiger partial charge in [0.25, 0.3) is 5.91 Å². The Balaban J connectivity index is 2.02. The van der Waals surface area contributed by atoms with Crippen molar-refractivity contribution in [1.82, 2.24) is 4.90 Å². The van der Waals surface area contributed by atoms with Gasteiger partial charge in [0.15, 0.2) is 5.72 Å². The van der Waals surface area contributed by atoms with Gasteiger partial charge >= 0.3 is 0 Å². The SMILES string of the molecule is O=C1c2ccc(F)cc2C2(c3cccc(F)c3)OCCN12. The molecule has 4 rings (SSSR count). The van der Waals surface area contributed by atoms with Crippen molar-refractivity contribution in [3.05, 3.63) is 70.8 Å². The minimum absolute atomic E-state index is 0.216. The van der Waals surface area contributed by atoms with Crippen LogP contribution in [0.15, 0.2) is 42.5 Å². The van der Waals surface area contributed by atoms with Gasteiger partial charge < -0.3 is 4.74 Å². The number of hydrogen-bond acceptors (Lipinski definition) is 2. The fourth-order valence-electron chi connectivity index (χ4n) is 3.21. The highest BCUT2D eigenvalue weighted by Gasteiger charge is 2.55. The number of carbonyl (C=O) groups is 1. The van der Waals surface area contributed by atoms with Crippen LogP contribution in [0.5, 0.6) is 0 Å². The summed E-state index contributed by atoms with van der Waals surface area (Å²) in [5.41, 5.74) is 0.130. The third-order valence-corrected chi connectivity index (χ3v) is 4.04. The van der Waals surface area contributed by atoms with Gasteiger partial charge in [-0.15, -0.1) is 0 Å². The first-order chi connectivity index (χ1) is 10.1. The van der Waals surface area contributed by atoms with Crippen LogP contribution in [0.2, 0.25) is 0 Å². The highest BCUT2D eigenvalue weighted by Crippen LogP contribution is 2.48. The van der Waals surface area contributed by atoms with E-state index in [1.807, 2.05) is 0 Å². The van der Waals surface area contributed by atoms with E-state index >= 15 is 0 Å². The molecule has 0 spiro atoms. The number of nitrogens with zero attached hydrogens (tertiary/aromatic N) is 1. The Hall–Kier alpha value is -2.27. The summed E-state index contributed by atoms with van der Waals surface area (Å²) in [4.78, 5) is 14.0. The Morgan fingerprint density at radius 3 is 2.71 bits per heavy atom. The van der Waals surface area contributed by atoms with E-state index in [-0.39, 0.29) is 5.91 Å². The molecule has 2 aromatic carbocycles. The molecule has 1 unspecified atom stereocenters. The molecule has 5 heteroatoms. The summed E-state index contributed by atoms with van der Waals surface area (Å²) in [7, 11) is 0. The molecular weight excluding hydrogens is 276 g/mol. The zero-order chi connectivity index (χ0) is 14.6. The van der Waals surface area contributed by atoms with E-state index < -0.39 is 17.4 Å². The van der Waals surface area contributed by atoms with Crippen LogP contribution in [-0.2, 0) is 10.5 Å². The number of ether oxygens (including phenoxy) is 1. The zero-order valence-electron chi connectivity index (χ0n) is 11.0. The van der Waals surface area contributed by atoms with Gasteiger partial charge in [-0.05, 0) is 30.3 Å². The maximum absolute atomic E-state index is 13.7. The summed E-state index contributed by atoms with van der Waals surface area (Å²) < 4.78 is 33.1. The van der Waals surface area contributed by atoms with E-state index in [1.165, 1.54) is 35.2 Å². The van der Waals surface area contributed by atoms with Gasteiger partial charge in [-0.1, -0.05) is 12.1 Å². The molecule has 2 heterocycles. The maximum Gasteiger partial charge on any atom is 0.257 e. The predicted molar refractivity (Wildman–Crippen MR) is 70.6 cm³/mol. The van der Waals surface area contributed by atoms with Gasteiger partial charge in [-0.2, -0.15) is 0 Å². The number of carbonyl (C=O) groups excluding carboxylic acids is 1. The lowest BCUT2D eigenvalue weighted by Crippen LogP contribution is -2.40. The molecule has 106 valence electrons. The molecule has 0 aliphatic carbocycles. The highest BCUT2D eigenvalue weighted by atomic mass is 19.1. The molecule has 0 radical (unpaired) electrons. The number of amides is 1. The van der Waals surface area contributed by atoms with E-state index in [9.17, 15) is 13.6 Å². The summed E-state index contributed by atoms with van der Waals surface area (Å²) in [5, 5.41) is 0. The first-order valence-corrected chi connectivity index (χ1v) is 6.65. The standard InChI is InChI=1S/C16H11F2NO2/c17-11-3-1-2-10(8-11)16-14-9-12(18)4-5-13(14)15(20)19(16)6-7-21-16/h1-5,8-9H,6-7H2. The lowest BCUT2D eigenvalue weighted by atomic mass is 9.94. The molecule has 2 aliphatic heterocycles. The summed E-state index contributed by atoms with van der Waals surface area (Å²) in [6, 6.07) is 9.89. The molecule has 0 saturated carbocycles. The third kappa shape index (κ3) is 1.52. The number of rotatable bonds is 1. The average molecular weight is 287 g/mol. The summed E-state index contributed by atoms with van der Waals surface area (Å²) in [6.45, 7) is 0.726. The minimum atomic E-state index is -1.21. The summed E-state index contributed by atoms with van der Waals surface area (Å²) in [5.74, 6) is -1.09. The van der Waals surface area contributed by atoms with Crippen LogP contribution in [0.25, 0.3) is 0 Å². The maximum atomic E-state index is 13.7. The van der Waals surface area contributed by atoms with Crippen molar-refractivity contribution in [2.75, 3.05) is 13.2 Å². The van der Waals surface area contributed by atoms with Crippen molar-refractivity contribution in [3.63, 3.8) is 0 Å². The second-order valence-electron chi connectivity index (χ2n) is 5.15. The van der Waals surface area contributed by atoms with E-state index in [0.29, 0.717) is 29.8 Å². The van der Waals surface area contributed by atoms with Crippen molar-refractivity contribution in [2.24, 2.45) is 0 Å². The van der Waals surface area contributed by atoms with Crippen LogP contribution in [0.4, 0.5) is 8.78 Å². The smallest absolute Gasteiger partial charge is 0.257 e. The molecule has 2 aliphatic rings. The topological polar surface area (TPSA) is 29.5 Å². The molecule has 21 heavy (non-hydrogen) atoms. The summed E-state index contributed by atoms with van der Waals surface area (Å²) in [6.07, 6.45) is 0. The molecule has 1 fully saturated rings. The minimum Gasteiger partial charge on any atom is -0.345 e. The number of halogens is 2. The second-order valence-corrected chi connectivity index (χ2v) is 5.15. The molecule has 1 atom stereocenters. The fourth-order valence-corrected chi connectivity index (χ4v) is 3.21. The van der Waals surface area contributed by atoms with E-state index in [2.05, 4.69) is 0 Å². The van der Waals surface area contributed by atoms with Crippen LogP contribution in [0.3, 0.4) is 0 Å². The molecular formula is C16H11F2NO2. The average Bonchev–Trinajstić information content (AvgIpc) is 3.00. The normalized spacial score (nSPS) is 23.3. The third-order valence-electron chi connectivity index (χ3n) is 4.04. The Morgan fingerprint density at radius 1 is 1.10 bits per heavy atom. The van der Waals surface area contributed by atoms with Gasteiger partial charge in [0.2, 0.25) is 0 Å². The monoisotopic (exact) mass is 287 g/mol. The second kappa shape index (κ2) is 4.11. The number of fused-ring (bicyclic) bond motifs is 3. The van der Waals surface area contributed by atoms with Crippen molar-refractivity contribution in [1.29, 1.82) is 0 Å². The lowest BCUT2D eigenvalue weighted by molar-refractivity contribution is -0.0307. The van der Waals surface area contributed by atoms with Gasteiger partial charge in [0, 0.05) is 23.2 Å².